The summed E-state index contributed by atoms with van der Waals surface area (Å²) in [5.74, 6) is -3.90. The molecule has 0 atom stereocenters. The number of hydrogen-bond donors (Lipinski definition) is 0. The average molecular weight is 417 g/mol. The fourth-order valence-electron chi connectivity index (χ4n) is 3.92. The normalized spacial score (nSPS) is 12.7. The van der Waals surface area contributed by atoms with Crippen molar-refractivity contribution in [2.24, 2.45) is 0 Å². The molecule has 4 rings (SSSR count). The summed E-state index contributed by atoms with van der Waals surface area (Å²) in [7, 11) is 0. The Morgan fingerprint density at radius 2 is 0.862 bits per heavy atom. The first kappa shape index (κ1) is 19.6. The van der Waals surface area contributed by atoms with Crippen LogP contribution in [-0.4, -0.2) is 5.52 Å². The van der Waals surface area contributed by atoms with E-state index in [1.165, 1.54) is 0 Å². The number of hydrogen-bond acceptors (Lipinski definition) is 1. The van der Waals surface area contributed by atoms with Crippen molar-refractivity contribution in [1.82, 2.24) is 0 Å². The van der Waals surface area contributed by atoms with Crippen molar-refractivity contribution in [3.8, 4) is 0 Å². The second-order valence-electron chi connectivity index (χ2n) is 7.07. The summed E-state index contributed by atoms with van der Waals surface area (Å²) in [6, 6.07) is 39.4. The molecule has 4 aromatic rings. The Hall–Kier alpha value is -2.73. The van der Waals surface area contributed by atoms with Crippen LogP contribution in [0.15, 0.2) is 121 Å². The first-order valence-corrected chi connectivity index (χ1v) is 12.8. The van der Waals surface area contributed by atoms with Gasteiger partial charge in [0.25, 0.3) is 0 Å². The quantitative estimate of drug-likeness (QED) is 0.382. The topological polar surface area (TPSA) is 17.1 Å². The zero-order chi connectivity index (χ0) is 20.2. The van der Waals surface area contributed by atoms with Crippen LogP contribution in [0.25, 0.3) is 0 Å². The van der Waals surface area contributed by atoms with Crippen molar-refractivity contribution in [1.29, 1.82) is 0 Å². The van der Waals surface area contributed by atoms with Crippen molar-refractivity contribution < 1.29 is 4.79 Å². The van der Waals surface area contributed by atoms with Crippen LogP contribution in [0.4, 0.5) is 0 Å². The van der Waals surface area contributed by atoms with Gasteiger partial charge < -0.3 is 0 Å². The minimum atomic E-state index is -3.90. The molecule has 0 saturated heterocycles. The number of carbonyl (C=O) groups excluding carboxylic acids is 1. The Kier molecular flexibility index (Phi) is 5.37. The van der Waals surface area contributed by atoms with Crippen LogP contribution in [-0.2, 0) is 11.2 Å². The van der Waals surface area contributed by atoms with E-state index >= 15 is 0 Å². The third-order valence-corrected chi connectivity index (χ3v) is 12.6. The van der Waals surface area contributed by atoms with Gasteiger partial charge in [0.05, 0.1) is 0 Å². The molecular weight excluding hydrogens is 395 g/mol. The summed E-state index contributed by atoms with van der Waals surface area (Å²) >= 11 is 7.86. The van der Waals surface area contributed by atoms with Gasteiger partial charge in [-0.15, -0.1) is 0 Å². The van der Waals surface area contributed by atoms with Gasteiger partial charge in [-0.05, 0) is 0 Å². The summed E-state index contributed by atoms with van der Waals surface area (Å²) in [5, 5.41) is 2.62. The van der Waals surface area contributed by atoms with Gasteiger partial charge in [-0.3, -0.25) is 0 Å². The molecule has 1 nitrogen and oxygen atoms in total. The van der Waals surface area contributed by atoms with E-state index in [0.717, 1.165) is 21.5 Å². The van der Waals surface area contributed by atoms with E-state index in [1.807, 2.05) is 121 Å². The molecule has 0 heterocycles. The molecule has 0 bridgehead atoms. The number of benzene rings is 4. The van der Waals surface area contributed by atoms with Gasteiger partial charge in [-0.1, -0.05) is 0 Å². The van der Waals surface area contributed by atoms with E-state index in [0.29, 0.717) is 0 Å². The van der Waals surface area contributed by atoms with Gasteiger partial charge >= 0.3 is 177 Å². The van der Waals surface area contributed by atoms with Gasteiger partial charge in [-0.25, -0.2) is 0 Å². The molecule has 0 amide bonds. The molecule has 0 aliphatic carbocycles. The summed E-state index contributed by atoms with van der Waals surface area (Å²) in [6.45, 7) is 0. The fourth-order valence-corrected chi connectivity index (χ4v) is 9.55. The number of rotatable bonds is 6. The number of carbonyl (C=O) groups is 1. The third-order valence-electron chi connectivity index (χ3n) is 5.39. The van der Waals surface area contributed by atoms with Crippen LogP contribution in [0.2, 0.25) is 0 Å². The zero-order valence-electron chi connectivity index (χ0n) is 16.0. The molecule has 0 aliphatic heterocycles. The molecule has 29 heavy (non-hydrogen) atoms. The predicted octanol–water partition coefficient (Wildman–Crippen LogP) is 5.44. The fraction of sp³-hybridized carbons (Fsp3) is 0.0385. The van der Waals surface area contributed by atoms with Crippen LogP contribution >= 0.6 is 17.2 Å². The molecule has 4 aromatic carbocycles. The molecule has 0 fully saturated rings. The molecule has 0 saturated carbocycles. The Morgan fingerprint density at radius 1 is 0.552 bits per heavy atom. The van der Waals surface area contributed by atoms with Crippen molar-refractivity contribution >= 4 is 38.6 Å². The van der Waals surface area contributed by atoms with E-state index in [2.05, 4.69) is 0 Å². The average Bonchev–Trinajstić information content (AvgIpc) is 2.81. The van der Waals surface area contributed by atoms with Crippen molar-refractivity contribution in [3.05, 3.63) is 127 Å². The van der Waals surface area contributed by atoms with Gasteiger partial charge in [-0.2, -0.15) is 0 Å². The molecule has 0 aromatic heterocycles. The minimum absolute atomic E-state index is 0.0486. The van der Waals surface area contributed by atoms with E-state index in [4.69, 9.17) is 11.2 Å². The van der Waals surface area contributed by atoms with Gasteiger partial charge in [0.15, 0.2) is 0 Å². The summed E-state index contributed by atoms with van der Waals surface area (Å²) in [6.07, 6.45) is 0.279. The van der Waals surface area contributed by atoms with Crippen LogP contribution in [0.1, 0.15) is 5.56 Å². The molecule has 144 valence electrons. The number of halogens is 1. The second kappa shape index (κ2) is 7.95. The predicted molar refractivity (Wildman–Crippen MR) is 126 cm³/mol. The van der Waals surface area contributed by atoms with Crippen LogP contribution in [0.3, 0.4) is 0 Å². The monoisotopic (exact) mass is 416 g/mol. The zero-order valence-corrected chi connectivity index (χ0v) is 17.6. The molecule has 3 heteroatoms. The van der Waals surface area contributed by atoms with Crippen LogP contribution in [0.5, 0.6) is 0 Å². The van der Waals surface area contributed by atoms with E-state index in [-0.39, 0.29) is 11.9 Å². The first-order chi connectivity index (χ1) is 14.1. The Bertz CT molecular complexity index is 997. The van der Waals surface area contributed by atoms with Crippen LogP contribution in [0, 0.1) is 0 Å². The molecular formula is C26H22ClOP. The van der Waals surface area contributed by atoms with Gasteiger partial charge in [0.1, 0.15) is 0 Å². The summed E-state index contributed by atoms with van der Waals surface area (Å²) < 4.78 is 0. The SMILES string of the molecule is O=C(Cc1ccccc1)P(Cl)(c1ccccc1)(c1ccccc1)c1ccccc1. The molecule has 0 unspecified atom stereocenters. The van der Waals surface area contributed by atoms with Gasteiger partial charge in [0.2, 0.25) is 0 Å². The molecule has 0 N–H and O–H groups in total. The van der Waals surface area contributed by atoms with Crippen LogP contribution < -0.4 is 15.9 Å². The Balaban J connectivity index is 2.06. The Morgan fingerprint density at radius 3 is 1.21 bits per heavy atom. The van der Waals surface area contributed by atoms with Gasteiger partial charge in [0, 0.05) is 0 Å². The van der Waals surface area contributed by atoms with E-state index in [1.54, 1.807) is 0 Å². The van der Waals surface area contributed by atoms with E-state index < -0.39 is 5.96 Å². The maximum absolute atomic E-state index is 14.3. The molecule has 0 radical (unpaired) electrons. The summed E-state index contributed by atoms with van der Waals surface area (Å²) in [5.41, 5.74) is 1.02. The first-order valence-electron chi connectivity index (χ1n) is 9.62. The molecule has 0 spiro atoms. The third kappa shape index (κ3) is 3.21. The van der Waals surface area contributed by atoms with Crippen molar-refractivity contribution in [2.75, 3.05) is 0 Å². The second-order valence-corrected chi connectivity index (χ2v) is 13.2. The maximum atomic E-state index is 14.3. The Labute approximate surface area is 176 Å². The van der Waals surface area contributed by atoms with E-state index in [9.17, 15) is 4.79 Å². The standard InChI is InChI=1S/C26H22ClOP/c27-29(23-15-7-2-8-16-23,24-17-9-3-10-18-24,25-19-11-4-12-20-25)26(28)21-22-13-5-1-6-14-22/h1-20H,21H2. The molecule has 0 aliphatic rings. The van der Waals surface area contributed by atoms with Crippen molar-refractivity contribution in [3.63, 3.8) is 0 Å². The van der Waals surface area contributed by atoms with Crippen molar-refractivity contribution in [2.45, 2.75) is 6.42 Å². The summed E-state index contributed by atoms with van der Waals surface area (Å²) in [4.78, 5) is 14.3.